The summed E-state index contributed by atoms with van der Waals surface area (Å²) in [7, 11) is 1.63. The van der Waals surface area contributed by atoms with Crippen molar-refractivity contribution >= 4 is 0 Å². The summed E-state index contributed by atoms with van der Waals surface area (Å²) in [5, 5.41) is 0. The van der Waals surface area contributed by atoms with Crippen LogP contribution in [0.15, 0.2) is 42.7 Å². The molecule has 1 aromatic carbocycles. The fraction of sp³-hybridized carbons (Fsp3) is 0.312. The van der Waals surface area contributed by atoms with Gasteiger partial charge in [-0.2, -0.15) is 0 Å². The van der Waals surface area contributed by atoms with E-state index >= 15 is 0 Å². The van der Waals surface area contributed by atoms with Crippen LogP contribution in [0.2, 0.25) is 0 Å². The predicted octanol–water partition coefficient (Wildman–Crippen LogP) is 2.73. The largest absolute Gasteiger partial charge is 0.493 e. The van der Waals surface area contributed by atoms with E-state index in [4.69, 9.17) is 15.2 Å². The fourth-order valence-electron chi connectivity index (χ4n) is 1.91. The van der Waals surface area contributed by atoms with Crippen LogP contribution in [0.5, 0.6) is 11.5 Å². The molecular formula is C16H20N2O2. The predicted molar refractivity (Wildman–Crippen MR) is 79.0 cm³/mol. The van der Waals surface area contributed by atoms with Gasteiger partial charge in [-0.1, -0.05) is 12.1 Å². The van der Waals surface area contributed by atoms with E-state index in [1.54, 1.807) is 13.3 Å². The van der Waals surface area contributed by atoms with Crippen molar-refractivity contribution in [2.45, 2.75) is 19.4 Å². The first-order chi connectivity index (χ1) is 9.70. The molecule has 1 aromatic heterocycles. The van der Waals surface area contributed by atoms with E-state index in [0.717, 1.165) is 23.3 Å². The number of hydrogen-bond donors (Lipinski definition) is 1. The average Bonchev–Trinajstić information content (AvgIpc) is 2.48. The summed E-state index contributed by atoms with van der Waals surface area (Å²) in [4.78, 5) is 4.08. The molecule has 0 spiro atoms. The molecule has 1 atom stereocenters. The first kappa shape index (κ1) is 14.3. The molecule has 2 N–H and O–H groups in total. The van der Waals surface area contributed by atoms with Crippen molar-refractivity contribution in [3.63, 3.8) is 0 Å². The topological polar surface area (TPSA) is 57.4 Å². The normalized spacial score (nSPS) is 11.9. The zero-order valence-corrected chi connectivity index (χ0v) is 11.9. The molecule has 1 heterocycles. The summed E-state index contributed by atoms with van der Waals surface area (Å²) in [5.74, 6) is 1.45. The molecule has 0 fully saturated rings. The van der Waals surface area contributed by atoms with Crippen LogP contribution in [0, 0.1) is 0 Å². The van der Waals surface area contributed by atoms with E-state index in [0.29, 0.717) is 12.4 Å². The van der Waals surface area contributed by atoms with E-state index in [1.807, 2.05) is 43.5 Å². The van der Waals surface area contributed by atoms with Crippen molar-refractivity contribution in [1.82, 2.24) is 4.98 Å². The van der Waals surface area contributed by atoms with Crippen molar-refractivity contribution in [1.29, 1.82) is 0 Å². The number of methoxy groups -OCH3 is 1. The summed E-state index contributed by atoms with van der Waals surface area (Å²) in [6.07, 6.45) is 4.42. The highest BCUT2D eigenvalue weighted by Gasteiger charge is 2.08. The van der Waals surface area contributed by atoms with Crippen LogP contribution in [-0.4, -0.2) is 18.7 Å². The molecular weight excluding hydrogens is 252 g/mol. The first-order valence-electron chi connectivity index (χ1n) is 6.66. The van der Waals surface area contributed by atoms with E-state index in [1.165, 1.54) is 0 Å². The van der Waals surface area contributed by atoms with Crippen molar-refractivity contribution in [3.8, 4) is 11.5 Å². The van der Waals surface area contributed by atoms with E-state index < -0.39 is 0 Å². The third kappa shape index (κ3) is 3.71. The summed E-state index contributed by atoms with van der Waals surface area (Å²) >= 11 is 0. The van der Waals surface area contributed by atoms with Crippen LogP contribution in [-0.2, 0) is 6.42 Å². The van der Waals surface area contributed by atoms with Crippen LogP contribution in [0.25, 0.3) is 0 Å². The van der Waals surface area contributed by atoms with Gasteiger partial charge in [-0.05, 0) is 36.2 Å². The molecule has 0 bridgehead atoms. The van der Waals surface area contributed by atoms with Gasteiger partial charge in [0.1, 0.15) is 0 Å². The Morgan fingerprint density at radius 2 is 2.10 bits per heavy atom. The van der Waals surface area contributed by atoms with Crippen LogP contribution in [0.4, 0.5) is 0 Å². The van der Waals surface area contributed by atoms with Crippen molar-refractivity contribution in [2.24, 2.45) is 5.73 Å². The standard InChI is InChI=1S/C16H20N2O2/c1-12(17)14-5-6-15(16(10-14)19-2)20-9-7-13-4-3-8-18-11-13/h3-6,8,10-12H,7,9,17H2,1-2H3/t12-/m1/s1. The molecule has 0 aliphatic rings. The minimum atomic E-state index is -0.0201. The maximum absolute atomic E-state index is 5.86. The Morgan fingerprint density at radius 3 is 2.75 bits per heavy atom. The van der Waals surface area contributed by atoms with Crippen molar-refractivity contribution in [2.75, 3.05) is 13.7 Å². The smallest absolute Gasteiger partial charge is 0.161 e. The molecule has 0 saturated heterocycles. The van der Waals surface area contributed by atoms with Gasteiger partial charge in [0.25, 0.3) is 0 Å². The lowest BCUT2D eigenvalue weighted by atomic mass is 10.1. The number of ether oxygens (including phenoxy) is 2. The van der Waals surface area contributed by atoms with Gasteiger partial charge in [0, 0.05) is 24.9 Å². The Hall–Kier alpha value is -2.07. The Bertz CT molecular complexity index is 541. The lowest BCUT2D eigenvalue weighted by Gasteiger charge is -2.13. The Labute approximate surface area is 119 Å². The SMILES string of the molecule is COc1cc([C@@H](C)N)ccc1OCCc1cccnc1. The highest BCUT2D eigenvalue weighted by atomic mass is 16.5. The van der Waals surface area contributed by atoms with Crippen LogP contribution in [0.3, 0.4) is 0 Å². The van der Waals surface area contributed by atoms with E-state index in [2.05, 4.69) is 4.98 Å². The average molecular weight is 272 g/mol. The third-order valence-electron chi connectivity index (χ3n) is 3.08. The van der Waals surface area contributed by atoms with Gasteiger partial charge in [-0.3, -0.25) is 4.98 Å². The van der Waals surface area contributed by atoms with Gasteiger partial charge in [-0.15, -0.1) is 0 Å². The third-order valence-corrected chi connectivity index (χ3v) is 3.08. The number of nitrogens with zero attached hydrogens (tertiary/aromatic N) is 1. The number of aromatic nitrogens is 1. The molecule has 0 aliphatic heterocycles. The van der Waals surface area contributed by atoms with E-state index in [-0.39, 0.29) is 6.04 Å². The number of benzene rings is 1. The second-order valence-electron chi connectivity index (χ2n) is 4.66. The zero-order valence-electron chi connectivity index (χ0n) is 11.9. The van der Waals surface area contributed by atoms with Gasteiger partial charge in [0.2, 0.25) is 0 Å². The number of pyridine rings is 1. The highest BCUT2D eigenvalue weighted by molar-refractivity contribution is 5.43. The van der Waals surface area contributed by atoms with Crippen molar-refractivity contribution in [3.05, 3.63) is 53.9 Å². The quantitative estimate of drug-likeness (QED) is 0.878. The molecule has 0 saturated carbocycles. The lowest BCUT2D eigenvalue weighted by molar-refractivity contribution is 0.297. The summed E-state index contributed by atoms with van der Waals surface area (Å²) in [5.41, 5.74) is 8.04. The van der Waals surface area contributed by atoms with Gasteiger partial charge in [0.15, 0.2) is 11.5 Å². The van der Waals surface area contributed by atoms with Gasteiger partial charge < -0.3 is 15.2 Å². The molecule has 2 rings (SSSR count). The minimum absolute atomic E-state index is 0.0201. The summed E-state index contributed by atoms with van der Waals surface area (Å²) in [6, 6.07) is 9.73. The van der Waals surface area contributed by atoms with Crippen LogP contribution >= 0.6 is 0 Å². The zero-order chi connectivity index (χ0) is 14.4. The molecule has 0 radical (unpaired) electrons. The van der Waals surface area contributed by atoms with Crippen LogP contribution < -0.4 is 15.2 Å². The fourth-order valence-corrected chi connectivity index (χ4v) is 1.91. The molecule has 2 aromatic rings. The number of rotatable bonds is 6. The maximum Gasteiger partial charge on any atom is 0.161 e. The van der Waals surface area contributed by atoms with Gasteiger partial charge in [0.05, 0.1) is 13.7 Å². The second-order valence-corrected chi connectivity index (χ2v) is 4.66. The lowest BCUT2D eigenvalue weighted by Crippen LogP contribution is -2.06. The summed E-state index contributed by atoms with van der Waals surface area (Å²) < 4.78 is 11.1. The summed E-state index contributed by atoms with van der Waals surface area (Å²) in [6.45, 7) is 2.53. The monoisotopic (exact) mass is 272 g/mol. The Morgan fingerprint density at radius 1 is 1.25 bits per heavy atom. The van der Waals surface area contributed by atoms with Gasteiger partial charge >= 0.3 is 0 Å². The molecule has 0 amide bonds. The molecule has 0 aliphatic carbocycles. The number of hydrogen-bond acceptors (Lipinski definition) is 4. The minimum Gasteiger partial charge on any atom is -0.493 e. The molecule has 4 nitrogen and oxygen atoms in total. The highest BCUT2D eigenvalue weighted by Crippen LogP contribution is 2.29. The number of nitrogens with two attached hydrogens (primary N) is 1. The molecule has 0 unspecified atom stereocenters. The Kier molecular flexibility index (Phi) is 4.96. The van der Waals surface area contributed by atoms with Crippen molar-refractivity contribution < 1.29 is 9.47 Å². The first-order valence-corrected chi connectivity index (χ1v) is 6.66. The molecule has 4 heteroatoms. The maximum atomic E-state index is 5.86. The second kappa shape index (κ2) is 6.91. The van der Waals surface area contributed by atoms with E-state index in [9.17, 15) is 0 Å². The Balaban J connectivity index is 1.99. The molecule has 106 valence electrons. The van der Waals surface area contributed by atoms with Crippen LogP contribution in [0.1, 0.15) is 24.1 Å². The molecule has 20 heavy (non-hydrogen) atoms. The van der Waals surface area contributed by atoms with Gasteiger partial charge in [-0.25, -0.2) is 0 Å².